The molecule has 28 heavy (non-hydrogen) atoms. The SMILES string of the molecule is CC(C(=O)Nc1cccc(F)c1)N1CCN(C(=O)CC2CCCN2)CC1.Cl.Cl. The topological polar surface area (TPSA) is 64.7 Å². The molecular formula is C19H29Cl2FN4O2. The maximum absolute atomic E-state index is 13.2. The second kappa shape index (κ2) is 11.6. The van der Waals surface area contributed by atoms with Crippen LogP contribution in [0.3, 0.4) is 0 Å². The molecule has 6 nitrogen and oxygen atoms in total. The van der Waals surface area contributed by atoms with Crippen molar-refractivity contribution >= 4 is 42.3 Å². The summed E-state index contributed by atoms with van der Waals surface area (Å²) in [4.78, 5) is 28.8. The molecule has 0 spiro atoms. The number of benzene rings is 1. The van der Waals surface area contributed by atoms with Gasteiger partial charge in [0.15, 0.2) is 0 Å². The van der Waals surface area contributed by atoms with Crippen LogP contribution in [0.2, 0.25) is 0 Å². The van der Waals surface area contributed by atoms with Crippen LogP contribution >= 0.6 is 24.8 Å². The van der Waals surface area contributed by atoms with Crippen LogP contribution < -0.4 is 10.6 Å². The first-order valence-electron chi connectivity index (χ1n) is 9.34. The number of carbonyl (C=O) groups excluding carboxylic acids is 2. The highest BCUT2D eigenvalue weighted by atomic mass is 35.5. The number of hydrogen-bond donors (Lipinski definition) is 2. The molecule has 2 fully saturated rings. The molecule has 2 aliphatic heterocycles. The Morgan fingerprint density at radius 3 is 2.57 bits per heavy atom. The van der Waals surface area contributed by atoms with E-state index in [0.29, 0.717) is 44.3 Å². The van der Waals surface area contributed by atoms with E-state index in [4.69, 9.17) is 0 Å². The number of piperazine rings is 1. The van der Waals surface area contributed by atoms with Crippen molar-refractivity contribution in [1.29, 1.82) is 0 Å². The number of nitrogens with zero attached hydrogens (tertiary/aromatic N) is 2. The molecule has 0 aliphatic carbocycles. The minimum Gasteiger partial charge on any atom is -0.340 e. The molecule has 2 heterocycles. The summed E-state index contributed by atoms with van der Waals surface area (Å²) in [6, 6.07) is 5.87. The van der Waals surface area contributed by atoms with Gasteiger partial charge in [-0.2, -0.15) is 0 Å². The Bertz CT molecular complexity index is 651. The third-order valence-corrected chi connectivity index (χ3v) is 5.27. The first-order chi connectivity index (χ1) is 12.5. The van der Waals surface area contributed by atoms with E-state index >= 15 is 0 Å². The van der Waals surface area contributed by atoms with Crippen molar-refractivity contribution in [3.8, 4) is 0 Å². The van der Waals surface area contributed by atoms with E-state index in [9.17, 15) is 14.0 Å². The molecule has 9 heteroatoms. The van der Waals surface area contributed by atoms with Gasteiger partial charge in [0.1, 0.15) is 5.82 Å². The van der Waals surface area contributed by atoms with Crippen LogP contribution in [-0.2, 0) is 9.59 Å². The summed E-state index contributed by atoms with van der Waals surface area (Å²) in [5, 5.41) is 6.11. The van der Waals surface area contributed by atoms with E-state index in [1.165, 1.54) is 12.1 Å². The van der Waals surface area contributed by atoms with Crippen LogP contribution in [0.4, 0.5) is 10.1 Å². The van der Waals surface area contributed by atoms with Crippen molar-refractivity contribution < 1.29 is 14.0 Å². The Morgan fingerprint density at radius 1 is 1.25 bits per heavy atom. The van der Waals surface area contributed by atoms with Crippen LogP contribution in [0.5, 0.6) is 0 Å². The number of anilines is 1. The van der Waals surface area contributed by atoms with Crippen molar-refractivity contribution in [3.63, 3.8) is 0 Å². The molecule has 2 aliphatic rings. The van der Waals surface area contributed by atoms with Crippen molar-refractivity contribution in [3.05, 3.63) is 30.1 Å². The van der Waals surface area contributed by atoms with Gasteiger partial charge in [-0.1, -0.05) is 6.07 Å². The lowest BCUT2D eigenvalue weighted by Crippen LogP contribution is -2.54. The predicted octanol–water partition coefficient (Wildman–Crippen LogP) is 2.28. The van der Waals surface area contributed by atoms with Crippen molar-refractivity contribution in [1.82, 2.24) is 15.1 Å². The summed E-state index contributed by atoms with van der Waals surface area (Å²) in [5.74, 6) is -0.342. The molecule has 0 radical (unpaired) electrons. The molecule has 3 rings (SSSR count). The second-order valence-electron chi connectivity index (χ2n) is 7.09. The van der Waals surface area contributed by atoms with E-state index in [0.717, 1.165) is 19.4 Å². The molecule has 0 saturated carbocycles. The molecule has 2 unspecified atom stereocenters. The molecule has 1 aromatic rings. The Hall–Kier alpha value is -1.41. The average molecular weight is 435 g/mol. The summed E-state index contributed by atoms with van der Waals surface area (Å²) >= 11 is 0. The second-order valence-corrected chi connectivity index (χ2v) is 7.09. The zero-order chi connectivity index (χ0) is 18.5. The van der Waals surface area contributed by atoms with Crippen LogP contribution in [0.25, 0.3) is 0 Å². The number of rotatable bonds is 5. The number of nitrogens with one attached hydrogen (secondary N) is 2. The van der Waals surface area contributed by atoms with Gasteiger partial charge in [-0.05, 0) is 44.5 Å². The van der Waals surface area contributed by atoms with Crippen molar-refractivity contribution in [2.24, 2.45) is 0 Å². The largest absolute Gasteiger partial charge is 0.340 e. The fourth-order valence-corrected chi connectivity index (χ4v) is 3.61. The highest BCUT2D eigenvalue weighted by molar-refractivity contribution is 5.94. The third-order valence-electron chi connectivity index (χ3n) is 5.27. The van der Waals surface area contributed by atoms with Gasteiger partial charge >= 0.3 is 0 Å². The molecule has 2 atom stereocenters. The van der Waals surface area contributed by atoms with Gasteiger partial charge in [-0.25, -0.2) is 4.39 Å². The summed E-state index contributed by atoms with van der Waals surface area (Å²) < 4.78 is 13.2. The van der Waals surface area contributed by atoms with E-state index in [2.05, 4.69) is 15.5 Å². The van der Waals surface area contributed by atoms with Gasteiger partial charge in [-0.15, -0.1) is 24.8 Å². The van der Waals surface area contributed by atoms with Gasteiger partial charge < -0.3 is 15.5 Å². The smallest absolute Gasteiger partial charge is 0.241 e. The molecule has 158 valence electrons. The molecule has 1 aromatic carbocycles. The predicted molar refractivity (Wildman–Crippen MR) is 113 cm³/mol. The van der Waals surface area contributed by atoms with Crippen LogP contribution in [0.15, 0.2) is 24.3 Å². The maximum Gasteiger partial charge on any atom is 0.241 e. The number of halogens is 3. The van der Waals surface area contributed by atoms with Gasteiger partial charge in [-0.3, -0.25) is 14.5 Å². The minimum absolute atomic E-state index is 0. The maximum atomic E-state index is 13.2. The summed E-state index contributed by atoms with van der Waals surface area (Å²) in [6.45, 7) is 5.47. The van der Waals surface area contributed by atoms with E-state index in [-0.39, 0.29) is 48.5 Å². The highest BCUT2D eigenvalue weighted by Crippen LogP contribution is 2.15. The average Bonchev–Trinajstić information content (AvgIpc) is 3.14. The van der Waals surface area contributed by atoms with Gasteiger partial charge in [0.2, 0.25) is 11.8 Å². The normalized spacial score (nSPS) is 20.6. The van der Waals surface area contributed by atoms with E-state index < -0.39 is 0 Å². The van der Waals surface area contributed by atoms with Crippen LogP contribution in [0, 0.1) is 5.82 Å². The molecule has 2 saturated heterocycles. The van der Waals surface area contributed by atoms with E-state index in [1.807, 2.05) is 11.8 Å². The van der Waals surface area contributed by atoms with Gasteiger partial charge in [0.25, 0.3) is 0 Å². The Kier molecular flexibility index (Phi) is 10.2. The number of amides is 2. The molecule has 0 aromatic heterocycles. The van der Waals surface area contributed by atoms with Crippen LogP contribution in [-0.4, -0.2) is 66.4 Å². The summed E-state index contributed by atoms with van der Waals surface area (Å²) in [7, 11) is 0. The fourth-order valence-electron chi connectivity index (χ4n) is 3.61. The lowest BCUT2D eigenvalue weighted by molar-refractivity contribution is -0.134. The number of hydrogen-bond acceptors (Lipinski definition) is 4. The number of carbonyl (C=O) groups is 2. The van der Waals surface area contributed by atoms with Crippen molar-refractivity contribution in [2.45, 2.75) is 38.3 Å². The van der Waals surface area contributed by atoms with Crippen molar-refractivity contribution in [2.75, 3.05) is 38.0 Å². The third kappa shape index (κ3) is 6.58. The monoisotopic (exact) mass is 434 g/mol. The molecular weight excluding hydrogens is 406 g/mol. The minimum atomic E-state index is -0.376. The van der Waals surface area contributed by atoms with E-state index in [1.54, 1.807) is 12.1 Å². The molecule has 2 N–H and O–H groups in total. The Morgan fingerprint density at radius 2 is 1.96 bits per heavy atom. The lowest BCUT2D eigenvalue weighted by atomic mass is 10.1. The summed E-state index contributed by atoms with van der Waals surface area (Å²) in [6.07, 6.45) is 2.78. The highest BCUT2D eigenvalue weighted by Gasteiger charge is 2.28. The fraction of sp³-hybridized carbons (Fsp3) is 0.579. The standard InChI is InChI=1S/C19H27FN4O2.2ClH/c1-14(19(26)22-17-5-2-4-15(20)12-17)23-8-10-24(11-9-23)18(25)13-16-6-3-7-21-16;;/h2,4-5,12,14,16,21H,3,6-11,13H2,1H3,(H,22,26);2*1H. The quantitative estimate of drug-likeness (QED) is 0.745. The summed E-state index contributed by atoms with van der Waals surface area (Å²) in [5.41, 5.74) is 0.458. The first-order valence-corrected chi connectivity index (χ1v) is 9.34. The van der Waals surface area contributed by atoms with Crippen LogP contribution in [0.1, 0.15) is 26.2 Å². The van der Waals surface area contributed by atoms with Gasteiger partial charge in [0.05, 0.1) is 6.04 Å². The Labute approximate surface area is 178 Å². The molecule has 0 bridgehead atoms. The lowest BCUT2D eigenvalue weighted by Gasteiger charge is -2.37. The van der Waals surface area contributed by atoms with Gasteiger partial charge in [0, 0.05) is 44.3 Å². The Balaban J connectivity index is 0.00000196. The zero-order valence-corrected chi connectivity index (χ0v) is 17.7. The first kappa shape index (κ1) is 24.6. The zero-order valence-electron chi connectivity index (χ0n) is 16.0. The molecule has 2 amide bonds.